The predicted molar refractivity (Wildman–Crippen MR) is 104 cm³/mol. The summed E-state index contributed by atoms with van der Waals surface area (Å²) in [5, 5.41) is 3.01. The van der Waals surface area contributed by atoms with Gasteiger partial charge in [-0.1, -0.05) is 12.1 Å². The average molecular weight is 386 g/mol. The first-order valence-electron chi connectivity index (χ1n) is 8.51. The summed E-state index contributed by atoms with van der Waals surface area (Å²) in [6.45, 7) is 1.25. The van der Waals surface area contributed by atoms with E-state index in [4.69, 9.17) is 12.2 Å². The number of carbonyl (C=O) groups is 2. The number of hydrogen-bond acceptors (Lipinski definition) is 3. The highest BCUT2D eigenvalue weighted by Crippen LogP contribution is 2.15. The molecule has 2 aromatic rings. The Kier molecular flexibility index (Phi) is 5.97. The number of hydrogen-bond donors (Lipinski definition) is 3. The molecule has 1 fully saturated rings. The van der Waals surface area contributed by atoms with Gasteiger partial charge in [-0.3, -0.25) is 20.4 Å². The molecular formula is C19H19FN4O2S. The van der Waals surface area contributed by atoms with Crippen LogP contribution in [-0.4, -0.2) is 28.4 Å². The van der Waals surface area contributed by atoms with Gasteiger partial charge < -0.3 is 10.2 Å². The first-order valence-corrected chi connectivity index (χ1v) is 8.92. The van der Waals surface area contributed by atoms with Crippen molar-refractivity contribution < 1.29 is 14.0 Å². The zero-order valence-electron chi connectivity index (χ0n) is 14.5. The van der Waals surface area contributed by atoms with E-state index in [0.29, 0.717) is 24.2 Å². The molecule has 1 aliphatic rings. The highest BCUT2D eigenvalue weighted by Gasteiger charge is 2.20. The lowest BCUT2D eigenvalue weighted by Crippen LogP contribution is -2.43. The molecule has 27 heavy (non-hydrogen) atoms. The van der Waals surface area contributed by atoms with Crippen molar-refractivity contribution in [1.29, 1.82) is 0 Å². The molecule has 140 valence electrons. The van der Waals surface area contributed by atoms with Gasteiger partial charge in [0.05, 0.1) is 0 Å². The Morgan fingerprint density at radius 3 is 2.63 bits per heavy atom. The van der Waals surface area contributed by atoms with E-state index in [0.717, 1.165) is 18.5 Å². The number of anilines is 1. The lowest BCUT2D eigenvalue weighted by Gasteiger charge is -2.16. The molecule has 0 unspecified atom stereocenters. The summed E-state index contributed by atoms with van der Waals surface area (Å²) < 4.78 is 12.9. The second-order valence-corrected chi connectivity index (χ2v) is 6.57. The van der Waals surface area contributed by atoms with E-state index in [-0.39, 0.29) is 22.7 Å². The minimum Gasteiger partial charge on any atom is -0.338 e. The number of nitrogens with zero attached hydrogens (tertiary/aromatic N) is 1. The first kappa shape index (κ1) is 18.8. The summed E-state index contributed by atoms with van der Waals surface area (Å²) in [6, 6.07) is 12.8. The van der Waals surface area contributed by atoms with E-state index in [2.05, 4.69) is 16.2 Å². The van der Waals surface area contributed by atoms with Crippen LogP contribution >= 0.6 is 12.2 Å². The van der Waals surface area contributed by atoms with Gasteiger partial charge in [0.15, 0.2) is 5.11 Å². The molecule has 0 aromatic heterocycles. The van der Waals surface area contributed by atoms with Gasteiger partial charge in [0.25, 0.3) is 5.91 Å². The molecule has 0 radical (unpaired) electrons. The first-order chi connectivity index (χ1) is 13.0. The van der Waals surface area contributed by atoms with Gasteiger partial charge in [0, 0.05) is 30.8 Å². The zero-order chi connectivity index (χ0) is 19.2. The van der Waals surface area contributed by atoms with Crippen molar-refractivity contribution in [2.45, 2.75) is 19.4 Å². The van der Waals surface area contributed by atoms with E-state index in [9.17, 15) is 14.0 Å². The minimum absolute atomic E-state index is 0.142. The third-order valence-corrected chi connectivity index (χ3v) is 4.33. The highest BCUT2D eigenvalue weighted by atomic mass is 32.1. The van der Waals surface area contributed by atoms with Crippen LogP contribution in [0.5, 0.6) is 0 Å². The van der Waals surface area contributed by atoms with Crippen LogP contribution in [0.4, 0.5) is 10.1 Å². The summed E-state index contributed by atoms with van der Waals surface area (Å²) in [7, 11) is 0. The van der Waals surface area contributed by atoms with Gasteiger partial charge in [0.1, 0.15) is 5.82 Å². The Morgan fingerprint density at radius 2 is 1.93 bits per heavy atom. The van der Waals surface area contributed by atoms with Crippen LogP contribution < -0.4 is 16.2 Å². The topological polar surface area (TPSA) is 73.5 Å². The van der Waals surface area contributed by atoms with Crippen LogP contribution in [-0.2, 0) is 11.3 Å². The fourth-order valence-electron chi connectivity index (χ4n) is 2.78. The molecule has 0 spiro atoms. The predicted octanol–water partition coefficient (Wildman–Crippen LogP) is 2.58. The maximum atomic E-state index is 12.9. The van der Waals surface area contributed by atoms with Gasteiger partial charge >= 0.3 is 0 Å². The number of nitrogens with one attached hydrogen (secondary N) is 3. The number of likely N-dealkylation sites (tertiary alicyclic amines) is 1. The summed E-state index contributed by atoms with van der Waals surface area (Å²) in [6.07, 6.45) is 1.46. The van der Waals surface area contributed by atoms with E-state index in [1.54, 1.807) is 23.1 Å². The van der Waals surface area contributed by atoms with E-state index in [1.807, 2.05) is 6.07 Å². The highest BCUT2D eigenvalue weighted by molar-refractivity contribution is 7.80. The largest absolute Gasteiger partial charge is 0.338 e. The standard InChI is InChI=1S/C19H19FN4O2S/c20-15-6-8-16(9-7-15)21-19(27)23-22-18(26)14-4-1-3-13(11-14)12-24-10-2-5-17(24)25/h1,3-4,6-9,11H,2,5,10,12H2,(H,22,26)(H2,21,23,27). The van der Waals surface area contributed by atoms with Crippen molar-refractivity contribution in [3.8, 4) is 0 Å². The van der Waals surface area contributed by atoms with Crippen molar-refractivity contribution in [2.24, 2.45) is 0 Å². The van der Waals surface area contributed by atoms with Gasteiger partial charge in [-0.2, -0.15) is 0 Å². The molecule has 2 aromatic carbocycles. The van der Waals surface area contributed by atoms with Crippen LogP contribution in [0, 0.1) is 5.82 Å². The van der Waals surface area contributed by atoms with Crippen molar-refractivity contribution in [3.05, 3.63) is 65.5 Å². The quantitative estimate of drug-likeness (QED) is 0.556. The number of thiocarbonyl (C=S) groups is 1. The van der Waals surface area contributed by atoms with Crippen molar-refractivity contribution >= 4 is 34.8 Å². The fraction of sp³-hybridized carbons (Fsp3) is 0.211. The summed E-state index contributed by atoms with van der Waals surface area (Å²) in [5.41, 5.74) is 7.06. The maximum absolute atomic E-state index is 12.9. The molecule has 0 saturated carbocycles. The number of benzene rings is 2. The van der Waals surface area contributed by atoms with Crippen molar-refractivity contribution in [1.82, 2.24) is 15.8 Å². The van der Waals surface area contributed by atoms with Gasteiger partial charge in [0.2, 0.25) is 5.91 Å². The molecule has 0 aliphatic carbocycles. The molecule has 3 rings (SSSR count). The van der Waals surface area contributed by atoms with Crippen LogP contribution in [0.15, 0.2) is 48.5 Å². The van der Waals surface area contributed by atoms with Gasteiger partial charge in [-0.25, -0.2) is 4.39 Å². The number of rotatable bonds is 4. The van der Waals surface area contributed by atoms with Crippen LogP contribution in [0.2, 0.25) is 0 Å². The number of amides is 2. The molecule has 0 atom stereocenters. The second-order valence-electron chi connectivity index (χ2n) is 6.16. The van der Waals surface area contributed by atoms with Crippen LogP contribution in [0.1, 0.15) is 28.8 Å². The Balaban J connectivity index is 1.53. The van der Waals surface area contributed by atoms with E-state index in [1.165, 1.54) is 24.3 Å². The van der Waals surface area contributed by atoms with Gasteiger partial charge in [-0.15, -0.1) is 0 Å². The summed E-state index contributed by atoms with van der Waals surface area (Å²) in [4.78, 5) is 25.8. The normalized spacial score (nSPS) is 13.4. The molecule has 1 heterocycles. The Morgan fingerprint density at radius 1 is 1.15 bits per heavy atom. The van der Waals surface area contributed by atoms with Gasteiger partial charge in [-0.05, 0) is 60.6 Å². The van der Waals surface area contributed by atoms with Crippen LogP contribution in [0.25, 0.3) is 0 Å². The van der Waals surface area contributed by atoms with Crippen molar-refractivity contribution in [2.75, 3.05) is 11.9 Å². The molecular weight excluding hydrogens is 367 g/mol. The lowest BCUT2D eigenvalue weighted by molar-refractivity contribution is -0.128. The number of hydrazine groups is 1. The Labute approximate surface area is 161 Å². The van der Waals surface area contributed by atoms with E-state index < -0.39 is 0 Å². The smallest absolute Gasteiger partial charge is 0.269 e. The summed E-state index contributed by atoms with van der Waals surface area (Å²) in [5.74, 6) is -0.556. The zero-order valence-corrected chi connectivity index (χ0v) is 15.3. The maximum Gasteiger partial charge on any atom is 0.269 e. The SMILES string of the molecule is O=C(NNC(=S)Nc1ccc(F)cc1)c1cccc(CN2CCCC2=O)c1. The molecule has 1 aliphatic heterocycles. The lowest BCUT2D eigenvalue weighted by atomic mass is 10.1. The Bertz CT molecular complexity index is 857. The molecule has 8 heteroatoms. The third-order valence-electron chi connectivity index (χ3n) is 4.13. The molecule has 2 amide bonds. The average Bonchev–Trinajstić information content (AvgIpc) is 3.06. The van der Waals surface area contributed by atoms with Crippen LogP contribution in [0.3, 0.4) is 0 Å². The fourth-order valence-corrected chi connectivity index (χ4v) is 2.95. The van der Waals surface area contributed by atoms with E-state index >= 15 is 0 Å². The summed E-state index contributed by atoms with van der Waals surface area (Å²) >= 11 is 5.10. The molecule has 3 N–H and O–H groups in total. The Hall–Kier alpha value is -3.00. The molecule has 6 nitrogen and oxygen atoms in total. The third kappa shape index (κ3) is 5.24. The monoisotopic (exact) mass is 386 g/mol. The minimum atomic E-state index is -0.354. The van der Waals surface area contributed by atoms with Crippen molar-refractivity contribution in [3.63, 3.8) is 0 Å². The molecule has 0 bridgehead atoms. The number of carbonyl (C=O) groups excluding carboxylic acids is 2. The molecule has 1 saturated heterocycles. The number of halogens is 1. The second kappa shape index (κ2) is 8.59.